The van der Waals surface area contributed by atoms with Gasteiger partial charge in [0.25, 0.3) is 0 Å². The zero-order chi connectivity index (χ0) is 7.56. The number of carbonyl (C=O) groups is 1. The number of carboxylic acids is 1. The molecule has 0 bridgehead atoms. The van der Waals surface area contributed by atoms with E-state index in [1.807, 2.05) is 9.91 Å². The third kappa shape index (κ3) is 1.53. The molecule has 0 aromatic rings. The second-order valence-electron chi connectivity index (χ2n) is 1.96. The molecule has 1 aliphatic heterocycles. The molecule has 1 aliphatic rings. The molecule has 0 atom stereocenters. The summed E-state index contributed by atoms with van der Waals surface area (Å²) in [5, 5.41) is 8.49. The Morgan fingerprint density at radius 1 is 1.70 bits per heavy atom. The Kier molecular flexibility index (Phi) is 2.38. The molecule has 1 radical (unpaired) electrons. The molecule has 0 spiro atoms. The first-order chi connectivity index (χ1) is 4.72. The monoisotopic (exact) mass is 237 g/mol. The standard InChI is InChI=1S/C7H6O2.In/c1-4-5(2)6(3)7(8)9;/h1-2,4H,3H2,(H,8,9);. The normalized spacial score (nSPS) is 14.2. The maximum absolute atomic E-state index is 10.3. The average molecular weight is 237 g/mol. The molecule has 2 nitrogen and oxygen atoms in total. The number of rotatable bonds is 2. The van der Waals surface area contributed by atoms with Gasteiger partial charge in [0.15, 0.2) is 0 Å². The van der Waals surface area contributed by atoms with Crippen LogP contribution >= 0.6 is 0 Å². The van der Waals surface area contributed by atoms with Crippen molar-refractivity contribution < 1.29 is 9.90 Å². The molecular weight excluding hydrogens is 231 g/mol. The van der Waals surface area contributed by atoms with E-state index in [0.29, 0.717) is 0 Å². The van der Waals surface area contributed by atoms with Crippen LogP contribution in [-0.2, 0) is 4.79 Å². The SMILES string of the molecule is C=C(C(=O)O)C1=[CH][In][CH]=C1. The fourth-order valence-corrected chi connectivity index (χ4v) is 3.41. The molecule has 1 heterocycles. The van der Waals surface area contributed by atoms with Gasteiger partial charge in [-0.1, -0.05) is 0 Å². The van der Waals surface area contributed by atoms with E-state index in [9.17, 15) is 4.79 Å². The van der Waals surface area contributed by atoms with Crippen LogP contribution in [0.3, 0.4) is 0 Å². The van der Waals surface area contributed by atoms with Crippen molar-refractivity contribution in [1.29, 1.82) is 0 Å². The van der Waals surface area contributed by atoms with Crippen molar-refractivity contribution in [2.45, 2.75) is 0 Å². The van der Waals surface area contributed by atoms with Gasteiger partial charge in [0.2, 0.25) is 0 Å². The van der Waals surface area contributed by atoms with Crippen molar-refractivity contribution in [3.8, 4) is 0 Å². The van der Waals surface area contributed by atoms with Gasteiger partial charge in [0.1, 0.15) is 0 Å². The van der Waals surface area contributed by atoms with Crippen LogP contribution in [0.5, 0.6) is 0 Å². The zero-order valence-corrected chi connectivity index (χ0v) is 8.67. The fraction of sp³-hybridized carbons (Fsp3) is 0. The molecule has 0 saturated carbocycles. The first kappa shape index (κ1) is 7.66. The van der Waals surface area contributed by atoms with Crippen LogP contribution in [0.15, 0.2) is 31.5 Å². The van der Waals surface area contributed by atoms with Crippen molar-refractivity contribution in [2.24, 2.45) is 0 Å². The Bertz CT molecular complexity index is 238. The van der Waals surface area contributed by atoms with Gasteiger partial charge < -0.3 is 0 Å². The Hall–Kier alpha value is -0.440. The zero-order valence-electron chi connectivity index (χ0n) is 5.37. The van der Waals surface area contributed by atoms with E-state index in [1.54, 1.807) is 0 Å². The first-order valence-corrected chi connectivity index (χ1v) is 6.66. The number of allylic oxidation sites excluding steroid dienone is 1. The fourth-order valence-electron chi connectivity index (χ4n) is 0.699. The second kappa shape index (κ2) is 3.10. The van der Waals surface area contributed by atoms with E-state index in [-0.39, 0.29) is 5.57 Å². The molecule has 10 heavy (non-hydrogen) atoms. The molecule has 0 aliphatic carbocycles. The van der Waals surface area contributed by atoms with Crippen molar-refractivity contribution in [3.63, 3.8) is 0 Å². The summed E-state index contributed by atoms with van der Waals surface area (Å²) in [6, 6.07) is 0. The van der Waals surface area contributed by atoms with Crippen molar-refractivity contribution in [2.75, 3.05) is 0 Å². The number of hydrogen-bond donors (Lipinski definition) is 1. The number of aliphatic carboxylic acids is 1. The summed E-state index contributed by atoms with van der Waals surface area (Å²) in [6.45, 7) is 3.45. The quantitative estimate of drug-likeness (QED) is 0.719. The molecule has 3 heteroatoms. The summed E-state index contributed by atoms with van der Waals surface area (Å²) < 4.78 is 4.13. The van der Waals surface area contributed by atoms with Crippen LogP contribution in [0.1, 0.15) is 0 Å². The molecule has 0 amide bonds. The van der Waals surface area contributed by atoms with E-state index in [1.165, 1.54) is 0 Å². The van der Waals surface area contributed by atoms with Gasteiger partial charge in [0, 0.05) is 0 Å². The van der Waals surface area contributed by atoms with E-state index in [0.717, 1.165) is 5.57 Å². The Labute approximate surface area is 70.3 Å². The first-order valence-electron chi connectivity index (χ1n) is 2.86. The van der Waals surface area contributed by atoms with Gasteiger partial charge in [-0.25, -0.2) is 0 Å². The van der Waals surface area contributed by atoms with Gasteiger partial charge >= 0.3 is 70.2 Å². The van der Waals surface area contributed by atoms with Gasteiger partial charge in [-0.15, -0.1) is 0 Å². The Morgan fingerprint density at radius 3 is 2.80 bits per heavy atom. The maximum atomic E-state index is 10.3. The van der Waals surface area contributed by atoms with E-state index in [4.69, 9.17) is 5.11 Å². The van der Waals surface area contributed by atoms with Crippen LogP contribution in [-0.4, -0.2) is 34.0 Å². The van der Waals surface area contributed by atoms with Gasteiger partial charge in [-0.2, -0.15) is 0 Å². The Balaban J connectivity index is 2.75. The molecule has 0 fully saturated rings. The molecule has 0 unspecified atom stereocenters. The van der Waals surface area contributed by atoms with Crippen LogP contribution in [0.25, 0.3) is 0 Å². The minimum atomic E-state index is -0.916. The summed E-state index contributed by atoms with van der Waals surface area (Å²) in [7, 11) is 0. The van der Waals surface area contributed by atoms with E-state index in [2.05, 4.69) is 10.4 Å². The molecule has 1 N–H and O–H groups in total. The molecule has 0 aromatic heterocycles. The summed E-state index contributed by atoms with van der Waals surface area (Å²) in [4.78, 5) is 10.3. The molecule has 0 aromatic carbocycles. The molecule has 0 saturated heterocycles. The summed E-state index contributed by atoms with van der Waals surface area (Å²) in [5.41, 5.74) is 1.04. The van der Waals surface area contributed by atoms with Crippen molar-refractivity contribution in [3.05, 3.63) is 31.5 Å². The molecule has 1 rings (SSSR count). The summed E-state index contributed by atoms with van der Waals surface area (Å²) in [5.74, 6) is -0.916. The van der Waals surface area contributed by atoms with Crippen LogP contribution in [0, 0.1) is 0 Å². The average Bonchev–Trinajstić information content (AvgIpc) is 2.36. The third-order valence-corrected chi connectivity index (χ3v) is 4.03. The van der Waals surface area contributed by atoms with Gasteiger partial charge in [-0.3, -0.25) is 0 Å². The van der Waals surface area contributed by atoms with Crippen molar-refractivity contribution in [1.82, 2.24) is 0 Å². The van der Waals surface area contributed by atoms with Gasteiger partial charge in [-0.05, 0) is 0 Å². The summed E-state index contributed by atoms with van der Waals surface area (Å²) in [6.07, 6.45) is 1.86. The molecular formula is C7H6InO2. The minimum absolute atomic E-state index is 0.222. The number of carboxylic acid groups (broad SMARTS) is 1. The summed E-state index contributed by atoms with van der Waals surface area (Å²) >= 11 is -0.638. The van der Waals surface area contributed by atoms with Crippen LogP contribution < -0.4 is 0 Å². The van der Waals surface area contributed by atoms with E-state index < -0.39 is 28.9 Å². The predicted octanol–water partition coefficient (Wildman–Crippen LogP) is 0.743. The number of hydrogen-bond acceptors (Lipinski definition) is 1. The second-order valence-corrected chi connectivity index (χ2v) is 5.11. The van der Waals surface area contributed by atoms with Crippen molar-refractivity contribution >= 4 is 28.9 Å². The third-order valence-electron chi connectivity index (χ3n) is 1.27. The Morgan fingerprint density at radius 2 is 2.40 bits per heavy atom. The topological polar surface area (TPSA) is 37.3 Å². The van der Waals surface area contributed by atoms with Gasteiger partial charge in [0.05, 0.1) is 0 Å². The van der Waals surface area contributed by atoms with Crippen LogP contribution in [0.4, 0.5) is 0 Å². The van der Waals surface area contributed by atoms with Crippen LogP contribution in [0.2, 0.25) is 0 Å². The predicted molar refractivity (Wildman–Crippen MR) is 39.8 cm³/mol. The molecule has 49 valence electrons. The van der Waals surface area contributed by atoms with E-state index >= 15 is 0 Å².